The molecule has 2 nitrogen and oxygen atoms in total. The Kier molecular flexibility index (Phi) is 4.63. The first-order valence-corrected chi connectivity index (χ1v) is 6.88. The molecule has 0 amide bonds. The second-order valence-corrected chi connectivity index (χ2v) is 5.40. The van der Waals surface area contributed by atoms with Crippen molar-refractivity contribution in [2.45, 2.75) is 13.0 Å². The predicted molar refractivity (Wildman–Crippen MR) is 81.3 cm³/mol. The van der Waals surface area contributed by atoms with Crippen LogP contribution in [-0.2, 0) is 0 Å². The largest absolute Gasteiger partial charge is 0.484 e. The molecular formula is C14H11Cl3FNO. The van der Waals surface area contributed by atoms with Gasteiger partial charge in [-0.1, -0.05) is 34.8 Å². The summed E-state index contributed by atoms with van der Waals surface area (Å²) in [7, 11) is 0. The molecule has 0 spiro atoms. The summed E-state index contributed by atoms with van der Waals surface area (Å²) < 4.78 is 19.2. The number of benzene rings is 2. The maximum atomic E-state index is 13.5. The lowest BCUT2D eigenvalue weighted by molar-refractivity contribution is 0.227. The van der Waals surface area contributed by atoms with Gasteiger partial charge in [0.2, 0.25) is 0 Å². The molecule has 1 unspecified atom stereocenters. The van der Waals surface area contributed by atoms with E-state index in [4.69, 9.17) is 45.3 Å². The van der Waals surface area contributed by atoms with Gasteiger partial charge in [0.05, 0.1) is 10.0 Å². The lowest BCUT2D eigenvalue weighted by atomic mass is 10.1. The molecule has 0 aliphatic carbocycles. The van der Waals surface area contributed by atoms with Gasteiger partial charge in [-0.25, -0.2) is 4.39 Å². The third-order valence-electron chi connectivity index (χ3n) is 2.75. The molecule has 0 aliphatic heterocycles. The molecule has 2 rings (SSSR count). The molecule has 0 fully saturated rings. The average molecular weight is 335 g/mol. The Labute approximate surface area is 131 Å². The zero-order valence-electron chi connectivity index (χ0n) is 10.5. The Balaban J connectivity index is 2.33. The van der Waals surface area contributed by atoms with E-state index in [1.807, 2.05) is 0 Å². The van der Waals surface area contributed by atoms with E-state index in [9.17, 15) is 4.39 Å². The molecule has 0 bridgehead atoms. The van der Waals surface area contributed by atoms with E-state index >= 15 is 0 Å². The van der Waals surface area contributed by atoms with Crippen LogP contribution < -0.4 is 10.5 Å². The first-order valence-electron chi connectivity index (χ1n) is 5.75. The van der Waals surface area contributed by atoms with Crippen molar-refractivity contribution in [2.75, 3.05) is 5.73 Å². The summed E-state index contributed by atoms with van der Waals surface area (Å²) >= 11 is 18.0. The maximum Gasteiger partial charge on any atom is 0.142 e. The number of rotatable bonds is 3. The van der Waals surface area contributed by atoms with Gasteiger partial charge in [-0.2, -0.15) is 0 Å². The zero-order chi connectivity index (χ0) is 14.9. The van der Waals surface area contributed by atoms with E-state index in [0.717, 1.165) is 0 Å². The molecule has 1 atom stereocenters. The fraction of sp³-hybridized carbons (Fsp3) is 0.143. The van der Waals surface area contributed by atoms with Crippen LogP contribution in [0.2, 0.25) is 15.1 Å². The summed E-state index contributed by atoms with van der Waals surface area (Å²) in [6, 6.07) is 7.50. The minimum atomic E-state index is -0.563. The highest BCUT2D eigenvalue weighted by atomic mass is 35.5. The van der Waals surface area contributed by atoms with Gasteiger partial charge in [0.1, 0.15) is 17.7 Å². The van der Waals surface area contributed by atoms with Crippen LogP contribution in [0.5, 0.6) is 5.75 Å². The van der Waals surface area contributed by atoms with Crippen molar-refractivity contribution < 1.29 is 9.13 Å². The second-order valence-electron chi connectivity index (χ2n) is 4.21. The quantitative estimate of drug-likeness (QED) is 0.593. The Bertz CT molecular complexity index is 649. The van der Waals surface area contributed by atoms with Crippen LogP contribution in [-0.4, -0.2) is 0 Å². The molecule has 0 aromatic heterocycles. The second kappa shape index (κ2) is 6.08. The number of ether oxygens (including phenoxy) is 1. The zero-order valence-corrected chi connectivity index (χ0v) is 12.7. The number of nitrogens with two attached hydrogens (primary N) is 1. The van der Waals surface area contributed by atoms with Crippen LogP contribution in [0.1, 0.15) is 18.6 Å². The molecule has 2 N–H and O–H groups in total. The van der Waals surface area contributed by atoms with Crippen molar-refractivity contribution in [3.8, 4) is 5.75 Å². The van der Waals surface area contributed by atoms with Gasteiger partial charge in [-0.3, -0.25) is 0 Å². The van der Waals surface area contributed by atoms with Crippen LogP contribution >= 0.6 is 34.8 Å². The van der Waals surface area contributed by atoms with Gasteiger partial charge >= 0.3 is 0 Å². The predicted octanol–water partition coefficient (Wildman–Crippen LogP) is 5.51. The van der Waals surface area contributed by atoms with Crippen LogP contribution in [0.3, 0.4) is 0 Å². The fourth-order valence-corrected chi connectivity index (χ4v) is 2.69. The van der Waals surface area contributed by atoms with Crippen LogP contribution in [0, 0.1) is 5.82 Å². The lowest BCUT2D eigenvalue weighted by Crippen LogP contribution is -2.06. The number of hydrogen-bond donors (Lipinski definition) is 1. The normalized spacial score (nSPS) is 12.2. The third-order valence-corrected chi connectivity index (χ3v) is 3.75. The average Bonchev–Trinajstić information content (AvgIpc) is 2.38. The fourth-order valence-electron chi connectivity index (χ4n) is 1.78. The van der Waals surface area contributed by atoms with Gasteiger partial charge in [0.15, 0.2) is 0 Å². The van der Waals surface area contributed by atoms with E-state index in [-0.39, 0.29) is 5.02 Å². The van der Waals surface area contributed by atoms with Crippen molar-refractivity contribution in [3.63, 3.8) is 0 Å². The lowest BCUT2D eigenvalue weighted by Gasteiger charge is -2.19. The highest BCUT2D eigenvalue weighted by molar-refractivity contribution is 6.36. The standard InChI is InChI=1S/C14H11Cl3FNO/c1-7(13-9(15)3-4-11(18)14(13)17)20-12-5-2-8(19)6-10(12)16/h2-7H,19H2,1H3. The molecule has 0 aliphatic rings. The molecule has 0 radical (unpaired) electrons. The molecule has 6 heteroatoms. The Hall–Kier alpha value is -1.16. The smallest absolute Gasteiger partial charge is 0.142 e. The SMILES string of the molecule is CC(Oc1ccc(N)cc1Cl)c1c(Cl)ccc(F)c1Cl. The van der Waals surface area contributed by atoms with Gasteiger partial charge in [0, 0.05) is 16.3 Å². The van der Waals surface area contributed by atoms with Crippen molar-refractivity contribution in [1.29, 1.82) is 0 Å². The molecule has 0 heterocycles. The topological polar surface area (TPSA) is 35.2 Å². The number of nitrogen functional groups attached to an aromatic ring is 1. The highest BCUT2D eigenvalue weighted by Crippen LogP contribution is 2.36. The third kappa shape index (κ3) is 3.11. The molecule has 20 heavy (non-hydrogen) atoms. The van der Waals surface area contributed by atoms with E-state index in [2.05, 4.69) is 0 Å². The first-order chi connectivity index (χ1) is 9.40. The van der Waals surface area contributed by atoms with Crippen molar-refractivity contribution in [1.82, 2.24) is 0 Å². The van der Waals surface area contributed by atoms with E-state index in [0.29, 0.717) is 27.0 Å². The van der Waals surface area contributed by atoms with E-state index in [1.54, 1.807) is 25.1 Å². The Morgan fingerprint density at radius 3 is 2.45 bits per heavy atom. The number of hydrogen-bond acceptors (Lipinski definition) is 2. The van der Waals surface area contributed by atoms with Crippen molar-refractivity contribution >= 4 is 40.5 Å². The van der Waals surface area contributed by atoms with Gasteiger partial charge in [-0.05, 0) is 37.3 Å². The summed E-state index contributed by atoms with van der Waals surface area (Å²) in [6.45, 7) is 1.71. The number of anilines is 1. The van der Waals surface area contributed by atoms with Crippen LogP contribution in [0.25, 0.3) is 0 Å². The van der Waals surface area contributed by atoms with Crippen molar-refractivity contribution in [2.24, 2.45) is 0 Å². The summed E-state index contributed by atoms with van der Waals surface area (Å²) in [5.41, 5.74) is 6.51. The Morgan fingerprint density at radius 2 is 1.80 bits per heavy atom. The summed E-state index contributed by atoms with van der Waals surface area (Å²) in [4.78, 5) is 0. The molecule has 106 valence electrons. The van der Waals surface area contributed by atoms with Gasteiger partial charge < -0.3 is 10.5 Å². The summed E-state index contributed by atoms with van der Waals surface area (Å²) in [6.07, 6.45) is -0.563. The molecule has 0 saturated heterocycles. The first kappa shape index (κ1) is 15.2. The van der Waals surface area contributed by atoms with Crippen LogP contribution in [0.4, 0.5) is 10.1 Å². The minimum Gasteiger partial charge on any atom is -0.484 e. The van der Waals surface area contributed by atoms with Gasteiger partial charge in [0.25, 0.3) is 0 Å². The van der Waals surface area contributed by atoms with E-state index in [1.165, 1.54) is 12.1 Å². The molecule has 2 aromatic rings. The van der Waals surface area contributed by atoms with E-state index < -0.39 is 11.9 Å². The van der Waals surface area contributed by atoms with Gasteiger partial charge in [-0.15, -0.1) is 0 Å². The molecule has 0 saturated carbocycles. The highest BCUT2D eigenvalue weighted by Gasteiger charge is 2.19. The van der Waals surface area contributed by atoms with Crippen LogP contribution in [0.15, 0.2) is 30.3 Å². The summed E-state index contributed by atoms with van der Waals surface area (Å²) in [5, 5.41) is 0.632. The maximum absolute atomic E-state index is 13.5. The summed E-state index contributed by atoms with van der Waals surface area (Å²) in [5.74, 6) is -0.130. The van der Waals surface area contributed by atoms with Crippen molar-refractivity contribution in [3.05, 3.63) is 56.8 Å². The monoisotopic (exact) mass is 333 g/mol. The minimum absolute atomic E-state index is 0.0587. The number of halogens is 4. The molecule has 2 aromatic carbocycles. The molecular weight excluding hydrogens is 324 g/mol. The Morgan fingerprint density at radius 1 is 1.10 bits per heavy atom.